The van der Waals surface area contributed by atoms with Crippen LogP contribution < -0.4 is 5.32 Å². The van der Waals surface area contributed by atoms with E-state index >= 15 is 0 Å². The highest BCUT2D eigenvalue weighted by Gasteiger charge is 2.14. The van der Waals surface area contributed by atoms with E-state index in [4.69, 9.17) is 5.26 Å². The summed E-state index contributed by atoms with van der Waals surface area (Å²) in [5.74, 6) is 0. The smallest absolute Gasteiger partial charge is 0.287 e. The number of anilines is 1. The maximum Gasteiger partial charge on any atom is 0.287 e. The Labute approximate surface area is 119 Å². The Morgan fingerprint density at radius 3 is 2.75 bits per heavy atom. The minimum Gasteiger partial charge on any atom is -0.383 e. The summed E-state index contributed by atoms with van der Waals surface area (Å²) < 4.78 is 0. The first-order valence-corrected chi connectivity index (χ1v) is 7.03. The molecule has 20 heavy (non-hydrogen) atoms. The van der Waals surface area contributed by atoms with Crippen molar-refractivity contribution in [1.82, 2.24) is 0 Å². The molecule has 0 saturated carbocycles. The van der Waals surface area contributed by atoms with Crippen molar-refractivity contribution >= 4 is 11.4 Å². The van der Waals surface area contributed by atoms with Crippen molar-refractivity contribution < 1.29 is 4.92 Å². The molecule has 1 aromatic carbocycles. The van der Waals surface area contributed by atoms with E-state index in [0.717, 1.165) is 12.1 Å². The third-order valence-electron chi connectivity index (χ3n) is 3.22. The molecule has 0 aliphatic rings. The van der Waals surface area contributed by atoms with Crippen molar-refractivity contribution in [2.45, 2.75) is 52.0 Å². The van der Waals surface area contributed by atoms with Gasteiger partial charge >= 0.3 is 0 Å². The maximum atomic E-state index is 10.8. The van der Waals surface area contributed by atoms with Crippen LogP contribution >= 0.6 is 0 Å². The number of rotatable bonds is 8. The highest BCUT2D eigenvalue weighted by Crippen LogP contribution is 2.22. The lowest BCUT2D eigenvalue weighted by molar-refractivity contribution is -0.385. The molecule has 1 rings (SSSR count). The van der Waals surface area contributed by atoms with Crippen molar-refractivity contribution in [1.29, 1.82) is 5.26 Å². The first-order valence-electron chi connectivity index (χ1n) is 7.03. The fourth-order valence-corrected chi connectivity index (χ4v) is 2.11. The van der Waals surface area contributed by atoms with E-state index in [1.807, 2.05) is 6.07 Å². The molecular weight excluding hydrogens is 254 g/mol. The lowest BCUT2D eigenvalue weighted by Gasteiger charge is -2.15. The number of unbranched alkanes of at least 4 members (excludes halogenated alkanes) is 3. The monoisotopic (exact) mass is 275 g/mol. The van der Waals surface area contributed by atoms with Gasteiger partial charge in [-0.25, -0.2) is 0 Å². The predicted octanol–water partition coefficient (Wildman–Crippen LogP) is 4.24. The van der Waals surface area contributed by atoms with Crippen molar-refractivity contribution in [2.75, 3.05) is 5.32 Å². The SMILES string of the molecule is CCCCCCC(C)Nc1ccc([N+](=O)[O-])c(C#N)c1. The summed E-state index contributed by atoms with van der Waals surface area (Å²) in [7, 11) is 0. The normalized spacial score (nSPS) is 11.7. The summed E-state index contributed by atoms with van der Waals surface area (Å²) in [6, 6.07) is 6.74. The molecule has 0 aliphatic heterocycles. The molecule has 1 N–H and O–H groups in total. The molecule has 1 aromatic rings. The highest BCUT2D eigenvalue weighted by molar-refractivity contribution is 5.58. The van der Waals surface area contributed by atoms with E-state index in [0.29, 0.717) is 6.04 Å². The molecule has 0 aromatic heterocycles. The zero-order valence-electron chi connectivity index (χ0n) is 12.1. The molecule has 0 heterocycles. The summed E-state index contributed by atoms with van der Waals surface area (Å²) in [5, 5.41) is 23.0. The van der Waals surface area contributed by atoms with Crippen molar-refractivity contribution in [2.24, 2.45) is 0 Å². The Kier molecular flexibility index (Phi) is 6.51. The Balaban J connectivity index is 2.60. The second-order valence-electron chi connectivity index (χ2n) is 5.00. The molecule has 0 saturated heterocycles. The second kappa shape index (κ2) is 8.16. The molecule has 0 fully saturated rings. The fraction of sp³-hybridized carbons (Fsp3) is 0.533. The van der Waals surface area contributed by atoms with Crippen LogP contribution in [0.15, 0.2) is 18.2 Å². The van der Waals surface area contributed by atoms with Gasteiger partial charge in [0.1, 0.15) is 11.6 Å². The van der Waals surface area contributed by atoms with Gasteiger partial charge in [-0.05, 0) is 25.5 Å². The van der Waals surface area contributed by atoms with Crippen LogP contribution in [0.1, 0.15) is 51.5 Å². The third kappa shape index (κ3) is 4.88. The van der Waals surface area contributed by atoms with Gasteiger partial charge in [-0.1, -0.05) is 32.6 Å². The molecule has 0 bridgehead atoms. The number of benzene rings is 1. The largest absolute Gasteiger partial charge is 0.383 e. The van der Waals surface area contributed by atoms with E-state index in [1.165, 1.54) is 31.7 Å². The molecule has 108 valence electrons. The van der Waals surface area contributed by atoms with Crippen LogP contribution in [0.5, 0.6) is 0 Å². The van der Waals surface area contributed by atoms with Crippen LogP contribution in [0.3, 0.4) is 0 Å². The topological polar surface area (TPSA) is 79.0 Å². The van der Waals surface area contributed by atoms with Gasteiger partial charge in [0.15, 0.2) is 0 Å². The van der Waals surface area contributed by atoms with Crippen molar-refractivity contribution in [3.05, 3.63) is 33.9 Å². The number of nitrogens with zero attached hydrogens (tertiary/aromatic N) is 2. The van der Waals surface area contributed by atoms with E-state index in [9.17, 15) is 10.1 Å². The predicted molar refractivity (Wildman–Crippen MR) is 79.7 cm³/mol. The lowest BCUT2D eigenvalue weighted by Crippen LogP contribution is -2.15. The van der Waals surface area contributed by atoms with Gasteiger partial charge in [0.25, 0.3) is 5.69 Å². The zero-order chi connectivity index (χ0) is 15.0. The van der Waals surface area contributed by atoms with Gasteiger partial charge in [-0.15, -0.1) is 0 Å². The van der Waals surface area contributed by atoms with Crippen LogP contribution in [-0.2, 0) is 0 Å². The van der Waals surface area contributed by atoms with Crippen molar-refractivity contribution in [3.63, 3.8) is 0 Å². The average molecular weight is 275 g/mol. The number of nitro groups is 1. The Bertz CT molecular complexity index is 494. The number of nitriles is 1. The summed E-state index contributed by atoms with van der Waals surface area (Å²) >= 11 is 0. The number of nitrogens with one attached hydrogen (secondary N) is 1. The van der Waals surface area contributed by atoms with Gasteiger partial charge < -0.3 is 5.32 Å². The Hall–Kier alpha value is -2.09. The molecule has 0 radical (unpaired) electrons. The molecule has 0 aliphatic carbocycles. The van der Waals surface area contributed by atoms with Crippen LogP contribution in [0.25, 0.3) is 0 Å². The first-order chi connectivity index (χ1) is 9.58. The molecule has 0 amide bonds. The first kappa shape index (κ1) is 16.0. The van der Waals surface area contributed by atoms with Gasteiger partial charge in [-0.2, -0.15) is 5.26 Å². The minimum atomic E-state index is -0.531. The highest BCUT2D eigenvalue weighted by atomic mass is 16.6. The molecule has 1 atom stereocenters. The lowest BCUT2D eigenvalue weighted by atomic mass is 10.1. The number of hydrogen-bond acceptors (Lipinski definition) is 4. The summed E-state index contributed by atoms with van der Waals surface area (Å²) in [5.41, 5.74) is 0.710. The van der Waals surface area contributed by atoms with Gasteiger partial charge in [-0.3, -0.25) is 10.1 Å². The van der Waals surface area contributed by atoms with Crippen LogP contribution in [0.4, 0.5) is 11.4 Å². The fourth-order valence-electron chi connectivity index (χ4n) is 2.11. The van der Waals surface area contributed by atoms with Crippen LogP contribution in [0.2, 0.25) is 0 Å². The standard InChI is InChI=1S/C15H21N3O2/c1-3-4-5-6-7-12(2)17-14-8-9-15(18(19)20)13(10-14)11-16/h8-10,12,17H,3-7H2,1-2H3. The van der Waals surface area contributed by atoms with Gasteiger partial charge in [0, 0.05) is 17.8 Å². The van der Waals surface area contributed by atoms with Gasteiger partial charge in [0.05, 0.1) is 4.92 Å². The van der Waals surface area contributed by atoms with Gasteiger partial charge in [0.2, 0.25) is 0 Å². The summed E-state index contributed by atoms with van der Waals surface area (Å²) in [6.45, 7) is 4.27. The molecule has 1 unspecified atom stereocenters. The van der Waals surface area contributed by atoms with E-state index in [-0.39, 0.29) is 11.3 Å². The molecular formula is C15H21N3O2. The maximum absolute atomic E-state index is 10.8. The second-order valence-corrected chi connectivity index (χ2v) is 5.00. The van der Waals surface area contributed by atoms with E-state index in [1.54, 1.807) is 12.1 Å². The zero-order valence-corrected chi connectivity index (χ0v) is 12.1. The molecule has 0 spiro atoms. The van der Waals surface area contributed by atoms with E-state index in [2.05, 4.69) is 19.2 Å². The summed E-state index contributed by atoms with van der Waals surface area (Å²) in [4.78, 5) is 10.2. The molecule has 5 nitrogen and oxygen atoms in total. The Morgan fingerprint density at radius 1 is 1.40 bits per heavy atom. The van der Waals surface area contributed by atoms with Crippen LogP contribution in [-0.4, -0.2) is 11.0 Å². The van der Waals surface area contributed by atoms with E-state index < -0.39 is 4.92 Å². The minimum absolute atomic E-state index is 0.0955. The third-order valence-corrected chi connectivity index (χ3v) is 3.22. The number of hydrogen-bond donors (Lipinski definition) is 1. The Morgan fingerprint density at radius 2 is 2.15 bits per heavy atom. The summed E-state index contributed by atoms with van der Waals surface area (Å²) in [6.07, 6.45) is 5.92. The number of nitro benzene ring substituents is 1. The van der Waals surface area contributed by atoms with Crippen LogP contribution in [0, 0.1) is 21.4 Å². The average Bonchev–Trinajstić information content (AvgIpc) is 2.43. The quantitative estimate of drug-likeness (QED) is 0.437. The molecule has 5 heteroatoms. The van der Waals surface area contributed by atoms with Crippen molar-refractivity contribution in [3.8, 4) is 6.07 Å².